The Morgan fingerprint density at radius 3 is 2.57 bits per heavy atom. The van der Waals surface area contributed by atoms with Gasteiger partial charge < -0.3 is 4.74 Å². The Hall–Kier alpha value is -0.910. The van der Waals surface area contributed by atoms with E-state index in [1.54, 1.807) is 0 Å². The van der Waals surface area contributed by atoms with Crippen LogP contribution in [0.25, 0.3) is 0 Å². The third-order valence-electron chi connectivity index (χ3n) is 1.22. The molecule has 0 bridgehead atoms. The molecule has 1 radical (unpaired) electrons. The van der Waals surface area contributed by atoms with Crippen LogP contribution >= 0.6 is 11.8 Å². The molecular formula is C8H5F4OS. The molecular weight excluding hydrogens is 220 g/mol. The highest BCUT2D eigenvalue weighted by molar-refractivity contribution is 7.99. The summed E-state index contributed by atoms with van der Waals surface area (Å²) in [5.74, 6) is -2.94. The van der Waals surface area contributed by atoms with Crippen molar-refractivity contribution >= 4 is 11.8 Å². The zero-order valence-corrected chi connectivity index (χ0v) is 7.53. The summed E-state index contributed by atoms with van der Waals surface area (Å²) in [7, 11) is 0. The molecule has 0 amide bonds. The third-order valence-corrected chi connectivity index (χ3v) is 1.97. The van der Waals surface area contributed by atoms with Gasteiger partial charge in [-0.3, -0.25) is 0 Å². The van der Waals surface area contributed by atoms with Gasteiger partial charge in [-0.1, -0.05) is 17.8 Å². The van der Waals surface area contributed by atoms with Gasteiger partial charge in [-0.2, -0.15) is 17.6 Å². The SMILES string of the molecule is FC(F)Oc1cc[c]cc1SC(F)F. The Morgan fingerprint density at radius 2 is 2.00 bits per heavy atom. The van der Waals surface area contributed by atoms with Crippen molar-refractivity contribution in [1.29, 1.82) is 0 Å². The van der Waals surface area contributed by atoms with Crippen LogP contribution in [0.15, 0.2) is 23.1 Å². The topological polar surface area (TPSA) is 9.23 Å². The highest BCUT2D eigenvalue weighted by atomic mass is 32.2. The normalized spacial score (nSPS) is 11.0. The van der Waals surface area contributed by atoms with Crippen LogP contribution in [-0.4, -0.2) is 12.4 Å². The van der Waals surface area contributed by atoms with Crippen molar-refractivity contribution in [2.24, 2.45) is 0 Å². The Balaban J connectivity index is 2.80. The zero-order valence-electron chi connectivity index (χ0n) is 6.72. The highest BCUT2D eigenvalue weighted by Gasteiger charge is 2.13. The fourth-order valence-corrected chi connectivity index (χ4v) is 1.34. The second kappa shape index (κ2) is 5.09. The highest BCUT2D eigenvalue weighted by Crippen LogP contribution is 2.33. The lowest BCUT2D eigenvalue weighted by molar-refractivity contribution is -0.0517. The maximum Gasteiger partial charge on any atom is 0.387 e. The molecule has 0 saturated heterocycles. The van der Waals surface area contributed by atoms with Gasteiger partial charge >= 0.3 is 6.61 Å². The van der Waals surface area contributed by atoms with Crippen LogP contribution in [0, 0.1) is 6.07 Å². The van der Waals surface area contributed by atoms with Gasteiger partial charge in [0.25, 0.3) is 5.76 Å². The molecule has 1 rings (SSSR count). The molecule has 0 aliphatic heterocycles. The number of alkyl halides is 4. The molecule has 0 aromatic heterocycles. The van der Waals surface area contributed by atoms with E-state index in [2.05, 4.69) is 10.8 Å². The molecule has 6 heteroatoms. The summed E-state index contributed by atoms with van der Waals surface area (Å²) in [6, 6.07) is 6.15. The van der Waals surface area contributed by atoms with Crippen molar-refractivity contribution < 1.29 is 22.3 Å². The minimum atomic E-state index is -3.02. The first-order valence-electron chi connectivity index (χ1n) is 3.49. The maximum atomic E-state index is 11.9. The van der Waals surface area contributed by atoms with E-state index < -0.39 is 12.4 Å². The zero-order chi connectivity index (χ0) is 10.6. The fourth-order valence-electron chi connectivity index (χ4n) is 0.782. The number of ether oxygens (including phenoxy) is 1. The summed E-state index contributed by atoms with van der Waals surface area (Å²) in [5, 5.41) is 0. The van der Waals surface area contributed by atoms with Crippen molar-refractivity contribution in [3.63, 3.8) is 0 Å². The lowest BCUT2D eigenvalue weighted by atomic mass is 10.3. The van der Waals surface area contributed by atoms with Gasteiger partial charge in [0.1, 0.15) is 5.75 Å². The minimum Gasteiger partial charge on any atom is -0.434 e. The molecule has 0 N–H and O–H groups in total. The first-order valence-corrected chi connectivity index (χ1v) is 4.37. The van der Waals surface area contributed by atoms with Crippen molar-refractivity contribution in [3.05, 3.63) is 24.3 Å². The summed E-state index contributed by atoms with van der Waals surface area (Å²) in [6.45, 7) is -3.02. The van der Waals surface area contributed by atoms with Gasteiger partial charge in [0, 0.05) is 0 Å². The number of hydrogen-bond acceptors (Lipinski definition) is 2. The summed E-state index contributed by atoms with van der Waals surface area (Å²) in [4.78, 5) is -0.0530. The van der Waals surface area contributed by atoms with E-state index in [4.69, 9.17) is 0 Å². The largest absolute Gasteiger partial charge is 0.434 e. The van der Waals surface area contributed by atoms with Crippen LogP contribution in [0.1, 0.15) is 0 Å². The Morgan fingerprint density at radius 1 is 1.29 bits per heavy atom. The van der Waals surface area contributed by atoms with Gasteiger partial charge in [0.2, 0.25) is 0 Å². The van der Waals surface area contributed by atoms with Gasteiger partial charge in [-0.05, 0) is 18.2 Å². The molecule has 0 fully saturated rings. The molecule has 77 valence electrons. The van der Waals surface area contributed by atoms with E-state index in [1.807, 2.05) is 0 Å². The second-order valence-corrected chi connectivity index (χ2v) is 3.16. The fraction of sp³-hybridized carbons (Fsp3) is 0.250. The summed E-state index contributed by atoms with van der Waals surface area (Å²) in [6.07, 6.45) is 0. The van der Waals surface area contributed by atoms with Gasteiger partial charge in [0.15, 0.2) is 0 Å². The Bertz CT molecular complexity index is 263. The number of halogens is 4. The van der Waals surface area contributed by atoms with E-state index in [9.17, 15) is 17.6 Å². The quantitative estimate of drug-likeness (QED) is 0.573. The smallest absolute Gasteiger partial charge is 0.387 e. The van der Waals surface area contributed by atoms with Crippen LogP contribution in [0.2, 0.25) is 0 Å². The molecule has 14 heavy (non-hydrogen) atoms. The summed E-state index contributed by atoms with van der Waals surface area (Å²) >= 11 is 0.144. The van der Waals surface area contributed by atoms with Crippen LogP contribution < -0.4 is 4.74 Å². The number of thioether (sulfide) groups is 1. The first-order chi connectivity index (χ1) is 6.59. The van der Waals surface area contributed by atoms with Crippen LogP contribution in [0.5, 0.6) is 5.75 Å². The monoisotopic (exact) mass is 225 g/mol. The Kier molecular flexibility index (Phi) is 4.06. The van der Waals surface area contributed by atoms with E-state index in [0.717, 1.165) is 6.07 Å². The van der Waals surface area contributed by atoms with Crippen molar-refractivity contribution in [2.75, 3.05) is 0 Å². The summed E-state index contributed by atoms with van der Waals surface area (Å²) < 4.78 is 51.5. The second-order valence-electron chi connectivity index (χ2n) is 2.13. The maximum absolute atomic E-state index is 11.9. The molecule has 1 aromatic carbocycles. The van der Waals surface area contributed by atoms with Crippen molar-refractivity contribution in [1.82, 2.24) is 0 Å². The summed E-state index contributed by atoms with van der Waals surface area (Å²) in [5.41, 5.74) is 0. The molecule has 0 aliphatic carbocycles. The molecule has 0 heterocycles. The number of rotatable bonds is 4. The standard InChI is InChI=1S/C8H5F4OS/c9-7(10)13-5-3-1-2-4-6(5)14-8(11)12/h1,3-4,7-8H. The predicted octanol–water partition coefficient (Wildman–Crippen LogP) is 3.40. The molecule has 1 aromatic rings. The van der Waals surface area contributed by atoms with E-state index in [1.165, 1.54) is 12.1 Å². The molecule has 0 aliphatic rings. The van der Waals surface area contributed by atoms with Crippen LogP contribution in [-0.2, 0) is 0 Å². The van der Waals surface area contributed by atoms with Gasteiger partial charge in [-0.25, -0.2) is 0 Å². The predicted molar refractivity (Wildman–Crippen MR) is 43.8 cm³/mol. The molecule has 1 nitrogen and oxygen atoms in total. The molecule has 0 saturated carbocycles. The average molecular weight is 225 g/mol. The lowest BCUT2D eigenvalue weighted by Crippen LogP contribution is -2.03. The van der Waals surface area contributed by atoms with Gasteiger partial charge in [0.05, 0.1) is 4.90 Å². The van der Waals surface area contributed by atoms with Crippen molar-refractivity contribution in [3.8, 4) is 5.75 Å². The van der Waals surface area contributed by atoms with Gasteiger partial charge in [-0.15, -0.1) is 0 Å². The average Bonchev–Trinajstić information content (AvgIpc) is 2.06. The van der Waals surface area contributed by atoms with E-state index in [-0.39, 0.29) is 22.4 Å². The molecule has 0 spiro atoms. The Labute approximate surface area is 82.1 Å². The first kappa shape index (κ1) is 11.2. The number of hydrogen-bond donors (Lipinski definition) is 0. The minimum absolute atomic E-state index is 0.0530. The van der Waals surface area contributed by atoms with Crippen LogP contribution in [0.4, 0.5) is 17.6 Å². The van der Waals surface area contributed by atoms with E-state index in [0.29, 0.717) is 0 Å². The van der Waals surface area contributed by atoms with Crippen molar-refractivity contribution in [2.45, 2.75) is 17.3 Å². The van der Waals surface area contributed by atoms with E-state index >= 15 is 0 Å². The molecule has 0 unspecified atom stereocenters. The third kappa shape index (κ3) is 3.45. The molecule has 0 atom stereocenters. The lowest BCUT2D eigenvalue weighted by Gasteiger charge is -2.08. The van der Waals surface area contributed by atoms with Crippen LogP contribution in [0.3, 0.4) is 0 Å². The number of benzene rings is 1.